The van der Waals surface area contributed by atoms with Crippen LogP contribution in [0.2, 0.25) is 0 Å². The first-order valence-corrected chi connectivity index (χ1v) is 10.1. The molecule has 0 radical (unpaired) electrons. The Balaban J connectivity index is 1.35. The first-order valence-electron chi connectivity index (χ1n) is 9.34. The third kappa shape index (κ3) is 5.51. The van der Waals surface area contributed by atoms with Crippen molar-refractivity contribution in [2.24, 2.45) is 4.99 Å². The molecule has 3 aromatic rings. The standard InChI is InChI=1S/C20H24BrFN6/c1-23-20(24-11-4-6-15-9-10-16(21)14-17(15)22)25-12-5-8-19-27-26-18-7-2-3-13-28(18)19/h2-3,7,9-10,13-14H,4-6,8,11-12H2,1H3,(H2,23,24,25). The predicted octanol–water partition coefficient (Wildman–Crippen LogP) is 3.36. The Morgan fingerprint density at radius 2 is 1.89 bits per heavy atom. The molecule has 2 N–H and O–H groups in total. The van der Waals surface area contributed by atoms with Gasteiger partial charge in [-0.2, -0.15) is 0 Å². The van der Waals surface area contributed by atoms with Gasteiger partial charge in [-0.05, 0) is 49.1 Å². The average molecular weight is 447 g/mol. The van der Waals surface area contributed by atoms with Crippen LogP contribution in [0, 0.1) is 5.82 Å². The fraction of sp³-hybridized carbons (Fsp3) is 0.350. The van der Waals surface area contributed by atoms with Crippen molar-refractivity contribution in [3.8, 4) is 0 Å². The summed E-state index contributed by atoms with van der Waals surface area (Å²) in [5.74, 6) is 1.54. The fourth-order valence-electron chi connectivity index (χ4n) is 2.95. The SMILES string of the molecule is CN=C(NCCCc1ccc(Br)cc1F)NCCCc1nnc2ccccn12. The number of fused-ring (bicyclic) bond motifs is 1. The quantitative estimate of drug-likeness (QED) is 0.316. The van der Waals surface area contributed by atoms with Crippen molar-refractivity contribution in [3.63, 3.8) is 0 Å². The van der Waals surface area contributed by atoms with Gasteiger partial charge in [-0.3, -0.25) is 9.39 Å². The molecular weight excluding hydrogens is 423 g/mol. The molecule has 0 unspecified atom stereocenters. The zero-order chi connectivity index (χ0) is 19.8. The van der Waals surface area contributed by atoms with Gasteiger partial charge in [0, 0.05) is 37.2 Å². The number of guanidine groups is 1. The molecule has 0 aliphatic heterocycles. The second-order valence-corrected chi connectivity index (χ2v) is 7.33. The summed E-state index contributed by atoms with van der Waals surface area (Å²) >= 11 is 3.28. The number of aryl methyl sites for hydroxylation is 2. The molecule has 0 aliphatic carbocycles. The average Bonchev–Trinajstić information content (AvgIpc) is 3.11. The van der Waals surface area contributed by atoms with E-state index in [1.807, 2.05) is 40.9 Å². The molecule has 0 saturated heterocycles. The largest absolute Gasteiger partial charge is 0.356 e. The summed E-state index contributed by atoms with van der Waals surface area (Å²) in [5.41, 5.74) is 1.60. The number of rotatable bonds is 8. The third-order valence-corrected chi connectivity index (χ3v) is 4.90. The Morgan fingerprint density at radius 1 is 1.11 bits per heavy atom. The molecule has 0 saturated carbocycles. The maximum atomic E-state index is 13.8. The van der Waals surface area contributed by atoms with Crippen molar-refractivity contribution in [2.45, 2.75) is 25.7 Å². The minimum atomic E-state index is -0.169. The summed E-state index contributed by atoms with van der Waals surface area (Å²) in [4.78, 5) is 4.23. The zero-order valence-electron chi connectivity index (χ0n) is 15.8. The van der Waals surface area contributed by atoms with Crippen molar-refractivity contribution < 1.29 is 4.39 Å². The van der Waals surface area contributed by atoms with Gasteiger partial charge in [-0.25, -0.2) is 4.39 Å². The van der Waals surface area contributed by atoms with Crippen LogP contribution in [0.25, 0.3) is 5.65 Å². The van der Waals surface area contributed by atoms with Crippen LogP contribution in [0.15, 0.2) is 52.1 Å². The second-order valence-electron chi connectivity index (χ2n) is 6.41. The van der Waals surface area contributed by atoms with Gasteiger partial charge in [0.1, 0.15) is 11.6 Å². The molecule has 0 aliphatic rings. The summed E-state index contributed by atoms with van der Waals surface area (Å²) in [6.45, 7) is 1.51. The second kappa shape index (κ2) is 10.2. The fourth-order valence-corrected chi connectivity index (χ4v) is 3.28. The minimum absolute atomic E-state index is 0.169. The van der Waals surface area contributed by atoms with E-state index >= 15 is 0 Å². The van der Waals surface area contributed by atoms with Gasteiger partial charge in [-0.1, -0.05) is 28.1 Å². The lowest BCUT2D eigenvalue weighted by Crippen LogP contribution is -2.38. The van der Waals surface area contributed by atoms with Crippen molar-refractivity contribution in [3.05, 3.63) is 64.3 Å². The maximum absolute atomic E-state index is 13.8. The number of hydrogen-bond acceptors (Lipinski definition) is 3. The van der Waals surface area contributed by atoms with Gasteiger partial charge in [0.25, 0.3) is 0 Å². The molecule has 0 spiro atoms. The van der Waals surface area contributed by atoms with E-state index in [4.69, 9.17) is 0 Å². The smallest absolute Gasteiger partial charge is 0.190 e. The van der Waals surface area contributed by atoms with E-state index < -0.39 is 0 Å². The molecule has 148 valence electrons. The summed E-state index contributed by atoms with van der Waals surface area (Å²) < 4.78 is 16.6. The zero-order valence-corrected chi connectivity index (χ0v) is 17.4. The highest BCUT2D eigenvalue weighted by atomic mass is 79.9. The highest BCUT2D eigenvalue weighted by Crippen LogP contribution is 2.16. The van der Waals surface area contributed by atoms with Crippen molar-refractivity contribution >= 4 is 27.5 Å². The number of aliphatic imine (C=N–C) groups is 1. The highest BCUT2D eigenvalue weighted by molar-refractivity contribution is 9.10. The lowest BCUT2D eigenvalue weighted by atomic mass is 10.1. The van der Waals surface area contributed by atoms with Gasteiger partial charge >= 0.3 is 0 Å². The number of aromatic nitrogens is 3. The topological polar surface area (TPSA) is 66.6 Å². The monoisotopic (exact) mass is 446 g/mol. The highest BCUT2D eigenvalue weighted by Gasteiger charge is 2.05. The van der Waals surface area contributed by atoms with Crippen LogP contribution in [0.4, 0.5) is 4.39 Å². The van der Waals surface area contributed by atoms with Gasteiger partial charge in [0.2, 0.25) is 0 Å². The van der Waals surface area contributed by atoms with Crippen molar-refractivity contribution in [1.29, 1.82) is 0 Å². The Morgan fingerprint density at radius 3 is 2.64 bits per heavy atom. The third-order valence-electron chi connectivity index (χ3n) is 4.41. The van der Waals surface area contributed by atoms with E-state index in [0.717, 1.165) is 59.8 Å². The molecule has 3 rings (SSSR count). The van der Waals surface area contributed by atoms with E-state index in [9.17, 15) is 4.39 Å². The Labute approximate surface area is 172 Å². The number of nitrogens with zero attached hydrogens (tertiary/aromatic N) is 4. The van der Waals surface area contributed by atoms with Gasteiger partial charge in [0.05, 0.1) is 0 Å². The first kappa shape index (κ1) is 20.3. The Kier molecular flexibility index (Phi) is 7.36. The Bertz CT molecular complexity index is 939. The number of pyridine rings is 1. The van der Waals surface area contributed by atoms with E-state index in [2.05, 4.69) is 41.8 Å². The van der Waals surface area contributed by atoms with Crippen LogP contribution in [-0.4, -0.2) is 40.7 Å². The Hall–Kier alpha value is -2.48. The molecule has 0 amide bonds. The lowest BCUT2D eigenvalue weighted by Gasteiger charge is -2.12. The van der Waals surface area contributed by atoms with Crippen LogP contribution in [0.3, 0.4) is 0 Å². The van der Waals surface area contributed by atoms with Gasteiger partial charge < -0.3 is 10.6 Å². The van der Waals surface area contributed by atoms with Crippen molar-refractivity contribution in [2.75, 3.05) is 20.1 Å². The summed E-state index contributed by atoms with van der Waals surface area (Å²) in [6.07, 6.45) is 5.24. The molecule has 28 heavy (non-hydrogen) atoms. The van der Waals surface area contributed by atoms with Crippen LogP contribution in [-0.2, 0) is 12.8 Å². The molecule has 2 aromatic heterocycles. The number of nitrogens with one attached hydrogen (secondary N) is 2. The maximum Gasteiger partial charge on any atom is 0.190 e. The summed E-state index contributed by atoms with van der Waals surface area (Å²) in [5, 5.41) is 15.0. The van der Waals surface area contributed by atoms with Gasteiger partial charge in [0.15, 0.2) is 11.6 Å². The van der Waals surface area contributed by atoms with Crippen LogP contribution < -0.4 is 10.6 Å². The molecule has 0 bridgehead atoms. The van der Waals surface area contributed by atoms with Crippen LogP contribution in [0.5, 0.6) is 0 Å². The van der Waals surface area contributed by atoms with Crippen LogP contribution in [0.1, 0.15) is 24.2 Å². The minimum Gasteiger partial charge on any atom is -0.356 e. The van der Waals surface area contributed by atoms with Gasteiger partial charge in [-0.15, -0.1) is 10.2 Å². The molecule has 0 fully saturated rings. The molecular formula is C20H24BrFN6. The number of benzene rings is 1. The summed E-state index contributed by atoms with van der Waals surface area (Å²) in [6, 6.07) is 11.1. The number of halogens is 2. The predicted molar refractivity (Wildman–Crippen MR) is 113 cm³/mol. The first-order chi connectivity index (χ1) is 13.7. The molecule has 1 aromatic carbocycles. The molecule has 6 nitrogen and oxygen atoms in total. The van der Waals surface area contributed by atoms with E-state index in [0.29, 0.717) is 6.42 Å². The van der Waals surface area contributed by atoms with E-state index in [-0.39, 0.29) is 5.82 Å². The van der Waals surface area contributed by atoms with Crippen molar-refractivity contribution in [1.82, 2.24) is 25.2 Å². The van der Waals surface area contributed by atoms with E-state index in [1.165, 1.54) is 6.07 Å². The van der Waals surface area contributed by atoms with Crippen LogP contribution >= 0.6 is 15.9 Å². The lowest BCUT2D eigenvalue weighted by molar-refractivity contribution is 0.601. The normalized spacial score (nSPS) is 11.8. The molecule has 0 atom stereocenters. The van der Waals surface area contributed by atoms with E-state index in [1.54, 1.807) is 7.05 Å². The molecule has 8 heteroatoms. The molecule has 2 heterocycles. The number of hydrogen-bond donors (Lipinski definition) is 2. The summed E-state index contributed by atoms with van der Waals surface area (Å²) in [7, 11) is 1.75.